The Labute approximate surface area is 106 Å². The third-order valence-electron chi connectivity index (χ3n) is 2.84. The summed E-state index contributed by atoms with van der Waals surface area (Å²) in [5.41, 5.74) is 2.51. The molecule has 3 nitrogen and oxygen atoms in total. The van der Waals surface area contributed by atoms with Crippen LogP contribution >= 0.6 is 0 Å². The molecule has 0 N–H and O–H groups in total. The Balaban J connectivity index is 2.16. The van der Waals surface area contributed by atoms with E-state index in [1.807, 2.05) is 31.0 Å². The van der Waals surface area contributed by atoms with E-state index in [2.05, 4.69) is 9.97 Å². The van der Waals surface area contributed by atoms with E-state index in [9.17, 15) is 4.39 Å². The van der Waals surface area contributed by atoms with E-state index < -0.39 is 0 Å². The van der Waals surface area contributed by atoms with Crippen LogP contribution in [0.4, 0.5) is 10.2 Å². The van der Waals surface area contributed by atoms with Crippen LogP contribution in [0.1, 0.15) is 16.8 Å². The third kappa shape index (κ3) is 2.83. The quantitative estimate of drug-likeness (QED) is 0.832. The smallest absolute Gasteiger partial charge is 0.132 e. The first-order valence-corrected chi connectivity index (χ1v) is 5.81. The standard InChI is InChI=1S/C14H16FN3/c1-10-4-5-12(7-13(10)15)8-18(3)14-6-11(2)16-9-17-14/h4-7,9H,8H2,1-3H3. The number of rotatable bonds is 3. The largest absolute Gasteiger partial charge is 0.355 e. The van der Waals surface area contributed by atoms with Crippen molar-refractivity contribution in [1.82, 2.24) is 9.97 Å². The molecule has 2 rings (SSSR count). The summed E-state index contributed by atoms with van der Waals surface area (Å²) in [6, 6.07) is 7.21. The summed E-state index contributed by atoms with van der Waals surface area (Å²) >= 11 is 0. The zero-order valence-electron chi connectivity index (χ0n) is 10.8. The lowest BCUT2D eigenvalue weighted by Gasteiger charge is -2.18. The summed E-state index contributed by atoms with van der Waals surface area (Å²) in [6.07, 6.45) is 1.54. The van der Waals surface area contributed by atoms with Gasteiger partial charge in [-0.1, -0.05) is 12.1 Å². The number of aromatic nitrogens is 2. The molecular weight excluding hydrogens is 229 g/mol. The van der Waals surface area contributed by atoms with Crippen LogP contribution in [0.15, 0.2) is 30.6 Å². The highest BCUT2D eigenvalue weighted by atomic mass is 19.1. The maximum Gasteiger partial charge on any atom is 0.132 e. The lowest BCUT2D eigenvalue weighted by Crippen LogP contribution is -2.18. The summed E-state index contributed by atoms with van der Waals surface area (Å²) in [5, 5.41) is 0. The molecule has 0 radical (unpaired) electrons. The zero-order chi connectivity index (χ0) is 13.1. The molecular formula is C14H16FN3. The molecule has 0 unspecified atom stereocenters. The summed E-state index contributed by atoms with van der Waals surface area (Å²) in [5.74, 6) is 0.670. The van der Waals surface area contributed by atoms with Crippen molar-refractivity contribution in [3.8, 4) is 0 Å². The predicted molar refractivity (Wildman–Crippen MR) is 70.0 cm³/mol. The van der Waals surface area contributed by atoms with Crippen LogP contribution in [0.3, 0.4) is 0 Å². The Morgan fingerprint density at radius 2 is 1.94 bits per heavy atom. The Morgan fingerprint density at radius 1 is 1.17 bits per heavy atom. The van der Waals surface area contributed by atoms with Gasteiger partial charge in [-0.05, 0) is 31.0 Å². The Morgan fingerprint density at radius 3 is 2.61 bits per heavy atom. The monoisotopic (exact) mass is 245 g/mol. The molecule has 0 fully saturated rings. The van der Waals surface area contributed by atoms with Crippen LogP contribution < -0.4 is 4.90 Å². The minimum absolute atomic E-state index is 0.167. The van der Waals surface area contributed by atoms with Gasteiger partial charge >= 0.3 is 0 Å². The minimum Gasteiger partial charge on any atom is -0.355 e. The SMILES string of the molecule is Cc1cc(N(C)Cc2ccc(C)c(F)c2)ncn1. The molecule has 0 saturated heterocycles. The van der Waals surface area contributed by atoms with E-state index >= 15 is 0 Å². The van der Waals surface area contributed by atoms with Gasteiger partial charge in [0, 0.05) is 25.4 Å². The van der Waals surface area contributed by atoms with Gasteiger partial charge in [-0.3, -0.25) is 0 Å². The number of nitrogens with zero attached hydrogens (tertiary/aromatic N) is 3. The van der Waals surface area contributed by atoms with Crippen molar-refractivity contribution in [3.05, 3.63) is 53.2 Å². The zero-order valence-corrected chi connectivity index (χ0v) is 10.8. The van der Waals surface area contributed by atoms with Gasteiger partial charge < -0.3 is 4.90 Å². The molecule has 1 aromatic heterocycles. The fraction of sp³-hybridized carbons (Fsp3) is 0.286. The molecule has 1 aromatic carbocycles. The van der Waals surface area contributed by atoms with Gasteiger partial charge in [0.05, 0.1) is 0 Å². The van der Waals surface area contributed by atoms with Crippen molar-refractivity contribution in [1.29, 1.82) is 0 Å². The van der Waals surface area contributed by atoms with E-state index in [0.717, 1.165) is 17.1 Å². The Bertz CT molecular complexity index is 554. The highest BCUT2D eigenvalue weighted by Gasteiger charge is 2.06. The van der Waals surface area contributed by atoms with Crippen LogP contribution in [0, 0.1) is 19.7 Å². The van der Waals surface area contributed by atoms with E-state index in [1.54, 1.807) is 19.1 Å². The number of hydrogen-bond acceptors (Lipinski definition) is 3. The maximum atomic E-state index is 13.5. The van der Waals surface area contributed by atoms with Crippen molar-refractivity contribution < 1.29 is 4.39 Å². The number of benzene rings is 1. The second-order valence-electron chi connectivity index (χ2n) is 4.46. The molecule has 0 aliphatic heterocycles. The van der Waals surface area contributed by atoms with Crippen LogP contribution in [-0.4, -0.2) is 17.0 Å². The second kappa shape index (κ2) is 5.12. The first-order chi connectivity index (χ1) is 8.56. The fourth-order valence-corrected chi connectivity index (χ4v) is 1.74. The van der Waals surface area contributed by atoms with Gasteiger partial charge in [-0.25, -0.2) is 14.4 Å². The number of aryl methyl sites for hydroxylation is 2. The maximum absolute atomic E-state index is 13.5. The lowest BCUT2D eigenvalue weighted by atomic mass is 10.1. The van der Waals surface area contributed by atoms with Crippen molar-refractivity contribution in [2.75, 3.05) is 11.9 Å². The van der Waals surface area contributed by atoms with Gasteiger partial charge in [-0.15, -0.1) is 0 Å². The van der Waals surface area contributed by atoms with Crippen molar-refractivity contribution in [2.45, 2.75) is 20.4 Å². The number of hydrogen-bond donors (Lipinski definition) is 0. The van der Waals surface area contributed by atoms with Crippen LogP contribution in [0.25, 0.3) is 0 Å². The van der Waals surface area contributed by atoms with Crippen molar-refractivity contribution in [3.63, 3.8) is 0 Å². The molecule has 0 bridgehead atoms. The van der Waals surface area contributed by atoms with E-state index in [0.29, 0.717) is 12.1 Å². The molecule has 0 amide bonds. The van der Waals surface area contributed by atoms with Gasteiger partial charge in [-0.2, -0.15) is 0 Å². The van der Waals surface area contributed by atoms with Gasteiger partial charge in [0.2, 0.25) is 0 Å². The van der Waals surface area contributed by atoms with Gasteiger partial charge in [0.25, 0.3) is 0 Å². The predicted octanol–water partition coefficient (Wildman–Crippen LogP) is 2.87. The minimum atomic E-state index is -0.167. The molecule has 18 heavy (non-hydrogen) atoms. The molecule has 0 saturated carbocycles. The Hall–Kier alpha value is -1.97. The van der Waals surface area contributed by atoms with Gasteiger partial charge in [0.15, 0.2) is 0 Å². The lowest BCUT2D eigenvalue weighted by molar-refractivity contribution is 0.615. The summed E-state index contributed by atoms with van der Waals surface area (Å²) < 4.78 is 13.5. The third-order valence-corrected chi connectivity index (χ3v) is 2.84. The fourth-order valence-electron chi connectivity index (χ4n) is 1.74. The molecule has 2 aromatic rings. The van der Waals surface area contributed by atoms with E-state index in [1.165, 1.54) is 6.33 Å². The molecule has 0 aliphatic carbocycles. The van der Waals surface area contributed by atoms with Crippen molar-refractivity contribution >= 4 is 5.82 Å². The van der Waals surface area contributed by atoms with Crippen LogP contribution in [0.2, 0.25) is 0 Å². The summed E-state index contributed by atoms with van der Waals surface area (Å²) in [7, 11) is 1.93. The first kappa shape index (κ1) is 12.5. The molecule has 0 aliphatic rings. The average molecular weight is 245 g/mol. The molecule has 0 spiro atoms. The second-order valence-corrected chi connectivity index (χ2v) is 4.46. The molecule has 94 valence electrons. The highest BCUT2D eigenvalue weighted by molar-refractivity contribution is 5.39. The highest BCUT2D eigenvalue weighted by Crippen LogP contribution is 2.15. The van der Waals surface area contributed by atoms with Crippen molar-refractivity contribution in [2.24, 2.45) is 0 Å². The molecule has 4 heteroatoms. The van der Waals surface area contributed by atoms with E-state index in [-0.39, 0.29) is 5.82 Å². The topological polar surface area (TPSA) is 29.0 Å². The summed E-state index contributed by atoms with van der Waals surface area (Å²) in [6.45, 7) is 4.30. The molecule has 1 heterocycles. The number of anilines is 1. The molecule has 0 atom stereocenters. The van der Waals surface area contributed by atoms with Gasteiger partial charge in [0.1, 0.15) is 18.0 Å². The Kier molecular flexibility index (Phi) is 3.55. The number of halogens is 1. The van der Waals surface area contributed by atoms with Crippen LogP contribution in [-0.2, 0) is 6.54 Å². The normalized spacial score (nSPS) is 10.4. The van der Waals surface area contributed by atoms with E-state index in [4.69, 9.17) is 0 Å². The first-order valence-electron chi connectivity index (χ1n) is 5.81. The summed E-state index contributed by atoms with van der Waals surface area (Å²) in [4.78, 5) is 10.2. The average Bonchev–Trinajstić information content (AvgIpc) is 2.34. The van der Waals surface area contributed by atoms with Crippen LogP contribution in [0.5, 0.6) is 0 Å².